The topological polar surface area (TPSA) is 157 Å². The molecule has 0 aromatic carbocycles. The Bertz CT molecular complexity index is 696. The quantitative estimate of drug-likeness (QED) is 0.461. The van der Waals surface area contributed by atoms with E-state index in [1.807, 2.05) is 6.26 Å². The summed E-state index contributed by atoms with van der Waals surface area (Å²) in [5, 5.41) is 21.6. The van der Waals surface area contributed by atoms with E-state index in [2.05, 4.69) is 10.3 Å². The number of rotatable bonds is 7. The number of aromatic nitrogens is 2. The third-order valence-electron chi connectivity index (χ3n) is 3.74. The van der Waals surface area contributed by atoms with Gasteiger partial charge in [0.25, 0.3) is 5.91 Å². The summed E-state index contributed by atoms with van der Waals surface area (Å²) in [5.74, 6) is -1.29. The standard InChI is InChI=1S/C14H20N4O6S/c1-25-5-3-7(13(21)22)16-12(20)11-8(19)6-10(24-11)18-4-2-9(15)17-14(18)23/h2,4,7-8,10-11,19H,3,5-6H2,1H3,(H,16,20)(H,21,22)(H2,15,17,23). The fourth-order valence-electron chi connectivity index (χ4n) is 2.45. The van der Waals surface area contributed by atoms with Crippen LogP contribution in [0.3, 0.4) is 0 Å². The van der Waals surface area contributed by atoms with Gasteiger partial charge in [0.1, 0.15) is 18.1 Å². The van der Waals surface area contributed by atoms with Gasteiger partial charge in [0.15, 0.2) is 6.10 Å². The second-order valence-corrected chi connectivity index (χ2v) is 6.52. The Balaban J connectivity index is 2.06. The predicted octanol–water partition coefficient (Wildman–Crippen LogP) is -1.20. The number of aliphatic carboxylic acids is 1. The molecule has 2 heterocycles. The lowest BCUT2D eigenvalue weighted by Gasteiger charge is -2.19. The molecular formula is C14H20N4O6S. The summed E-state index contributed by atoms with van der Waals surface area (Å²) in [6.07, 6.45) is 0.0898. The molecule has 2 rings (SSSR count). The number of hydrogen-bond donors (Lipinski definition) is 4. The molecule has 1 aliphatic rings. The number of carbonyl (C=O) groups is 2. The van der Waals surface area contributed by atoms with Gasteiger partial charge in [0.2, 0.25) is 0 Å². The van der Waals surface area contributed by atoms with Gasteiger partial charge >= 0.3 is 11.7 Å². The maximum Gasteiger partial charge on any atom is 0.351 e. The van der Waals surface area contributed by atoms with Gasteiger partial charge in [-0.1, -0.05) is 0 Å². The van der Waals surface area contributed by atoms with E-state index in [0.29, 0.717) is 5.75 Å². The first kappa shape index (κ1) is 19.2. The molecule has 138 valence electrons. The third kappa shape index (κ3) is 4.71. The fourth-order valence-corrected chi connectivity index (χ4v) is 2.92. The lowest BCUT2D eigenvalue weighted by Crippen LogP contribution is -2.48. The van der Waals surface area contributed by atoms with E-state index in [4.69, 9.17) is 15.6 Å². The molecule has 1 saturated heterocycles. The molecule has 1 aromatic rings. The van der Waals surface area contributed by atoms with Crippen molar-refractivity contribution >= 4 is 29.5 Å². The lowest BCUT2D eigenvalue weighted by molar-refractivity contribution is -0.146. The summed E-state index contributed by atoms with van der Waals surface area (Å²) in [6, 6.07) is 0.323. The second kappa shape index (κ2) is 8.32. The molecule has 1 aliphatic heterocycles. The largest absolute Gasteiger partial charge is 0.480 e. The Morgan fingerprint density at radius 1 is 1.60 bits per heavy atom. The van der Waals surface area contributed by atoms with Gasteiger partial charge in [0.05, 0.1) is 6.10 Å². The number of anilines is 1. The Labute approximate surface area is 147 Å². The van der Waals surface area contributed by atoms with Crippen molar-refractivity contribution in [1.82, 2.24) is 14.9 Å². The van der Waals surface area contributed by atoms with E-state index in [1.165, 1.54) is 24.0 Å². The van der Waals surface area contributed by atoms with Crippen molar-refractivity contribution in [2.75, 3.05) is 17.7 Å². The van der Waals surface area contributed by atoms with Crippen LogP contribution in [-0.2, 0) is 14.3 Å². The molecule has 4 atom stereocenters. The van der Waals surface area contributed by atoms with E-state index in [9.17, 15) is 19.5 Å². The van der Waals surface area contributed by atoms with Crippen molar-refractivity contribution in [3.63, 3.8) is 0 Å². The summed E-state index contributed by atoms with van der Waals surface area (Å²) in [7, 11) is 0. The molecule has 25 heavy (non-hydrogen) atoms. The average Bonchev–Trinajstić information content (AvgIpc) is 2.92. The number of nitrogens with two attached hydrogens (primary N) is 1. The minimum Gasteiger partial charge on any atom is -0.480 e. The number of nitrogen functional groups attached to an aromatic ring is 1. The maximum absolute atomic E-state index is 12.3. The number of nitrogens with zero attached hydrogens (tertiary/aromatic N) is 2. The molecule has 1 fully saturated rings. The van der Waals surface area contributed by atoms with Crippen LogP contribution >= 0.6 is 11.8 Å². The van der Waals surface area contributed by atoms with Gasteiger partial charge in [-0.05, 0) is 24.5 Å². The summed E-state index contributed by atoms with van der Waals surface area (Å²) in [4.78, 5) is 38.9. The van der Waals surface area contributed by atoms with E-state index < -0.39 is 42.0 Å². The highest BCUT2D eigenvalue weighted by atomic mass is 32.2. The molecule has 0 saturated carbocycles. The molecular weight excluding hydrogens is 352 g/mol. The number of carboxylic acids is 1. The van der Waals surface area contributed by atoms with Crippen molar-refractivity contribution in [2.45, 2.75) is 37.3 Å². The zero-order chi connectivity index (χ0) is 18.6. The number of amides is 1. The minimum atomic E-state index is -1.27. The smallest absolute Gasteiger partial charge is 0.351 e. The van der Waals surface area contributed by atoms with E-state index in [0.717, 1.165) is 4.57 Å². The summed E-state index contributed by atoms with van der Waals surface area (Å²) >= 11 is 1.46. The van der Waals surface area contributed by atoms with Crippen LogP contribution in [0.15, 0.2) is 17.1 Å². The van der Waals surface area contributed by atoms with Crippen LogP contribution in [0.5, 0.6) is 0 Å². The number of ether oxygens (including phenoxy) is 1. The van der Waals surface area contributed by atoms with Crippen molar-refractivity contribution in [2.24, 2.45) is 0 Å². The molecule has 0 bridgehead atoms. The zero-order valence-corrected chi connectivity index (χ0v) is 14.3. The number of nitrogens with one attached hydrogen (secondary N) is 1. The summed E-state index contributed by atoms with van der Waals surface area (Å²) in [6.45, 7) is 0. The van der Waals surface area contributed by atoms with Crippen LogP contribution in [-0.4, -0.2) is 61.9 Å². The van der Waals surface area contributed by atoms with E-state index >= 15 is 0 Å². The van der Waals surface area contributed by atoms with Crippen LogP contribution in [0.25, 0.3) is 0 Å². The number of thioether (sulfide) groups is 1. The van der Waals surface area contributed by atoms with Crippen molar-refractivity contribution in [1.29, 1.82) is 0 Å². The lowest BCUT2D eigenvalue weighted by atomic mass is 10.1. The average molecular weight is 372 g/mol. The second-order valence-electron chi connectivity index (χ2n) is 5.54. The molecule has 1 amide bonds. The molecule has 4 unspecified atom stereocenters. The van der Waals surface area contributed by atoms with Gasteiger partial charge in [-0.15, -0.1) is 0 Å². The predicted molar refractivity (Wildman–Crippen MR) is 90.0 cm³/mol. The van der Waals surface area contributed by atoms with Crippen molar-refractivity contribution < 1.29 is 24.5 Å². The highest BCUT2D eigenvalue weighted by Crippen LogP contribution is 2.28. The molecule has 11 heteroatoms. The summed E-state index contributed by atoms with van der Waals surface area (Å²) in [5.41, 5.74) is 4.75. The van der Waals surface area contributed by atoms with Gasteiger partial charge in [-0.25, -0.2) is 9.59 Å². The number of carbonyl (C=O) groups excluding carboxylic acids is 1. The molecule has 5 N–H and O–H groups in total. The van der Waals surface area contributed by atoms with Gasteiger partial charge in [-0.2, -0.15) is 16.7 Å². The summed E-state index contributed by atoms with van der Waals surface area (Å²) < 4.78 is 6.57. The van der Waals surface area contributed by atoms with Crippen molar-refractivity contribution in [3.8, 4) is 0 Å². The van der Waals surface area contributed by atoms with Crippen LogP contribution in [0.4, 0.5) is 5.82 Å². The highest BCUT2D eigenvalue weighted by molar-refractivity contribution is 7.98. The highest BCUT2D eigenvalue weighted by Gasteiger charge is 2.41. The van der Waals surface area contributed by atoms with Crippen LogP contribution in [0.2, 0.25) is 0 Å². The molecule has 0 radical (unpaired) electrons. The first-order chi connectivity index (χ1) is 11.8. The third-order valence-corrected chi connectivity index (χ3v) is 4.39. The van der Waals surface area contributed by atoms with Gasteiger partial charge < -0.3 is 26.0 Å². The molecule has 0 aliphatic carbocycles. The molecule has 0 spiro atoms. The normalized spacial score (nSPS) is 24.0. The van der Waals surface area contributed by atoms with E-state index in [1.54, 1.807) is 0 Å². The molecule has 10 nitrogen and oxygen atoms in total. The number of hydrogen-bond acceptors (Lipinski definition) is 8. The van der Waals surface area contributed by atoms with Crippen LogP contribution in [0.1, 0.15) is 19.1 Å². The molecule has 1 aromatic heterocycles. The monoisotopic (exact) mass is 372 g/mol. The zero-order valence-electron chi connectivity index (χ0n) is 13.5. The number of aliphatic hydroxyl groups excluding tert-OH is 1. The first-order valence-corrected chi connectivity index (χ1v) is 8.93. The van der Waals surface area contributed by atoms with Crippen LogP contribution < -0.4 is 16.7 Å². The Morgan fingerprint density at radius 3 is 2.92 bits per heavy atom. The SMILES string of the molecule is CSCCC(NC(=O)C1OC(n2ccc(N)nc2=O)CC1O)C(=O)O. The fraction of sp³-hybridized carbons (Fsp3) is 0.571. The number of carboxylic acid groups (broad SMARTS) is 1. The first-order valence-electron chi connectivity index (χ1n) is 7.53. The van der Waals surface area contributed by atoms with Crippen molar-refractivity contribution in [3.05, 3.63) is 22.7 Å². The number of aliphatic hydroxyl groups is 1. The Hall–Kier alpha value is -2.11. The Kier molecular flexibility index (Phi) is 6.39. The van der Waals surface area contributed by atoms with Crippen LogP contribution in [0, 0.1) is 0 Å². The van der Waals surface area contributed by atoms with Gasteiger partial charge in [0, 0.05) is 12.6 Å². The van der Waals surface area contributed by atoms with Gasteiger partial charge in [-0.3, -0.25) is 9.36 Å². The minimum absolute atomic E-state index is 0.00780. The Morgan fingerprint density at radius 2 is 2.32 bits per heavy atom. The van der Waals surface area contributed by atoms with E-state index in [-0.39, 0.29) is 18.7 Å². The maximum atomic E-state index is 12.3.